The third-order valence-corrected chi connectivity index (χ3v) is 3.86. The Morgan fingerprint density at radius 3 is 2.70 bits per heavy atom. The van der Waals surface area contributed by atoms with Crippen molar-refractivity contribution >= 4 is 40.2 Å². The molecule has 0 aliphatic heterocycles. The molecule has 6 nitrogen and oxygen atoms in total. The van der Waals surface area contributed by atoms with Crippen LogP contribution < -0.4 is 5.32 Å². The van der Waals surface area contributed by atoms with Crippen LogP contribution >= 0.6 is 11.6 Å². The van der Waals surface area contributed by atoms with Gasteiger partial charge in [0.15, 0.2) is 12.4 Å². The summed E-state index contributed by atoms with van der Waals surface area (Å²) in [7, 11) is 0. The lowest BCUT2D eigenvalue weighted by Gasteiger charge is -2.10. The van der Waals surface area contributed by atoms with E-state index in [1.165, 1.54) is 6.20 Å². The Bertz CT molecular complexity index is 1020. The number of para-hydroxylation sites is 1. The van der Waals surface area contributed by atoms with Crippen molar-refractivity contribution in [2.75, 3.05) is 11.9 Å². The largest absolute Gasteiger partial charge is 0.452 e. The number of amides is 1. The molecule has 0 saturated carbocycles. The number of halogens is 4. The highest BCUT2D eigenvalue weighted by atomic mass is 35.5. The highest BCUT2D eigenvalue weighted by Crippen LogP contribution is 2.32. The molecule has 0 spiro atoms. The minimum Gasteiger partial charge on any atom is -0.452 e. The number of aromatic amines is 1. The first-order chi connectivity index (χ1) is 12.8. The van der Waals surface area contributed by atoms with Gasteiger partial charge < -0.3 is 15.0 Å². The van der Waals surface area contributed by atoms with Gasteiger partial charge in [-0.1, -0.05) is 29.8 Å². The molecular formula is C17H11ClF3N3O3. The van der Waals surface area contributed by atoms with E-state index in [1.54, 1.807) is 24.3 Å². The van der Waals surface area contributed by atoms with Crippen molar-refractivity contribution in [3.8, 4) is 0 Å². The molecule has 0 aliphatic rings. The van der Waals surface area contributed by atoms with Crippen LogP contribution in [0, 0.1) is 0 Å². The lowest BCUT2D eigenvalue weighted by atomic mass is 10.2. The number of hydrogen-bond acceptors (Lipinski definition) is 4. The van der Waals surface area contributed by atoms with E-state index < -0.39 is 30.2 Å². The maximum atomic E-state index is 12.6. The Morgan fingerprint density at radius 2 is 2.00 bits per heavy atom. The standard InChI is InChI=1S/C17H11ClF3N3O3/c18-12-5-9(17(19,20)21)6-23-15(12)24-14(25)8-27-16(26)11-7-22-13-4-2-1-3-10(11)13/h1-7,22H,8H2,(H,23,24,25). The quantitative estimate of drug-likeness (QED) is 0.651. The molecule has 0 radical (unpaired) electrons. The SMILES string of the molecule is O=C(COC(=O)c1c[nH]c2ccccc12)Nc1ncc(C(F)(F)F)cc1Cl. The fourth-order valence-corrected chi connectivity index (χ4v) is 2.52. The lowest BCUT2D eigenvalue weighted by Crippen LogP contribution is -2.21. The molecule has 0 bridgehead atoms. The van der Waals surface area contributed by atoms with E-state index in [2.05, 4.69) is 15.3 Å². The van der Waals surface area contributed by atoms with Gasteiger partial charge in [-0.2, -0.15) is 13.2 Å². The van der Waals surface area contributed by atoms with Gasteiger partial charge in [-0.25, -0.2) is 9.78 Å². The van der Waals surface area contributed by atoms with E-state index in [4.69, 9.17) is 16.3 Å². The molecule has 0 saturated heterocycles. The monoisotopic (exact) mass is 397 g/mol. The van der Waals surface area contributed by atoms with Crippen molar-refractivity contribution in [3.63, 3.8) is 0 Å². The van der Waals surface area contributed by atoms with E-state index in [-0.39, 0.29) is 16.4 Å². The molecule has 10 heteroatoms. The predicted octanol–water partition coefficient (Wildman–Crippen LogP) is 4.03. The van der Waals surface area contributed by atoms with Gasteiger partial charge in [-0.3, -0.25) is 4.79 Å². The maximum absolute atomic E-state index is 12.6. The second kappa shape index (κ2) is 7.28. The van der Waals surface area contributed by atoms with Crippen molar-refractivity contribution in [3.05, 3.63) is 58.9 Å². The average Bonchev–Trinajstić information content (AvgIpc) is 3.04. The predicted molar refractivity (Wildman–Crippen MR) is 91.5 cm³/mol. The van der Waals surface area contributed by atoms with Crippen LogP contribution in [0.2, 0.25) is 5.02 Å². The van der Waals surface area contributed by atoms with E-state index in [1.807, 2.05) is 0 Å². The molecule has 0 fully saturated rings. The summed E-state index contributed by atoms with van der Waals surface area (Å²) in [6.07, 6.45) is -2.60. The van der Waals surface area contributed by atoms with Crippen LogP contribution in [0.1, 0.15) is 15.9 Å². The van der Waals surface area contributed by atoms with Crippen molar-refractivity contribution in [2.45, 2.75) is 6.18 Å². The number of carbonyl (C=O) groups excluding carboxylic acids is 2. The number of anilines is 1. The van der Waals surface area contributed by atoms with Gasteiger partial charge in [0.1, 0.15) is 0 Å². The summed E-state index contributed by atoms with van der Waals surface area (Å²) in [4.78, 5) is 30.4. The van der Waals surface area contributed by atoms with Gasteiger partial charge in [-0.15, -0.1) is 0 Å². The Morgan fingerprint density at radius 1 is 1.26 bits per heavy atom. The molecule has 2 N–H and O–H groups in total. The molecule has 1 amide bonds. The fraction of sp³-hybridized carbons (Fsp3) is 0.118. The Labute approximate surface area is 155 Å². The number of nitrogens with zero attached hydrogens (tertiary/aromatic N) is 1. The molecule has 1 aromatic carbocycles. The highest BCUT2D eigenvalue weighted by molar-refractivity contribution is 6.33. The van der Waals surface area contributed by atoms with Gasteiger partial charge in [0.2, 0.25) is 0 Å². The van der Waals surface area contributed by atoms with Gasteiger partial charge in [0.05, 0.1) is 16.1 Å². The molecule has 0 atom stereocenters. The summed E-state index contributed by atoms with van der Waals surface area (Å²) >= 11 is 5.70. The number of fused-ring (bicyclic) bond motifs is 1. The van der Waals surface area contributed by atoms with Crippen molar-refractivity contribution in [2.24, 2.45) is 0 Å². The number of esters is 1. The molecular weight excluding hydrogens is 387 g/mol. The van der Waals surface area contributed by atoms with E-state index in [0.717, 1.165) is 5.52 Å². The Hall–Kier alpha value is -3.07. The number of nitrogens with one attached hydrogen (secondary N) is 2. The van der Waals surface area contributed by atoms with Crippen LogP contribution in [0.3, 0.4) is 0 Å². The van der Waals surface area contributed by atoms with Crippen molar-refractivity contribution < 1.29 is 27.5 Å². The van der Waals surface area contributed by atoms with Gasteiger partial charge in [0, 0.05) is 23.3 Å². The second-order valence-electron chi connectivity index (χ2n) is 5.42. The minimum absolute atomic E-state index is 0.254. The Kier molecular flexibility index (Phi) is 5.04. The highest BCUT2D eigenvalue weighted by Gasteiger charge is 2.31. The second-order valence-corrected chi connectivity index (χ2v) is 5.83. The normalized spacial score (nSPS) is 11.4. The lowest BCUT2D eigenvalue weighted by molar-refractivity contribution is -0.137. The third-order valence-electron chi connectivity index (χ3n) is 3.57. The Balaban J connectivity index is 1.62. The molecule has 3 aromatic rings. The van der Waals surface area contributed by atoms with Crippen LogP contribution in [0.15, 0.2) is 42.7 Å². The average molecular weight is 398 g/mol. The number of rotatable bonds is 4. The first-order valence-corrected chi connectivity index (χ1v) is 7.89. The summed E-state index contributed by atoms with van der Waals surface area (Å²) < 4.78 is 42.6. The van der Waals surface area contributed by atoms with Crippen molar-refractivity contribution in [1.82, 2.24) is 9.97 Å². The minimum atomic E-state index is -4.60. The number of ether oxygens (including phenoxy) is 1. The third kappa shape index (κ3) is 4.20. The topological polar surface area (TPSA) is 84.1 Å². The van der Waals surface area contributed by atoms with Crippen LogP contribution in [0.4, 0.5) is 19.0 Å². The van der Waals surface area contributed by atoms with Crippen LogP contribution in [-0.2, 0) is 15.7 Å². The smallest absolute Gasteiger partial charge is 0.417 e. The number of alkyl halides is 3. The number of aromatic nitrogens is 2. The summed E-state index contributed by atoms with van der Waals surface area (Å²) in [5.41, 5.74) is -0.0602. The molecule has 27 heavy (non-hydrogen) atoms. The summed E-state index contributed by atoms with van der Waals surface area (Å²) in [5.74, 6) is -1.79. The number of benzene rings is 1. The summed E-state index contributed by atoms with van der Waals surface area (Å²) in [5, 5.41) is 2.44. The maximum Gasteiger partial charge on any atom is 0.417 e. The van der Waals surface area contributed by atoms with Gasteiger partial charge in [0.25, 0.3) is 5.91 Å². The van der Waals surface area contributed by atoms with Crippen LogP contribution in [0.5, 0.6) is 0 Å². The fourth-order valence-electron chi connectivity index (χ4n) is 2.30. The number of hydrogen-bond donors (Lipinski definition) is 2. The van der Waals surface area contributed by atoms with E-state index >= 15 is 0 Å². The number of pyridine rings is 1. The van der Waals surface area contributed by atoms with E-state index in [9.17, 15) is 22.8 Å². The van der Waals surface area contributed by atoms with Gasteiger partial charge in [-0.05, 0) is 12.1 Å². The zero-order valence-electron chi connectivity index (χ0n) is 13.4. The molecule has 0 unspecified atom stereocenters. The van der Waals surface area contributed by atoms with Gasteiger partial charge >= 0.3 is 12.1 Å². The molecule has 0 aliphatic carbocycles. The number of H-pyrrole nitrogens is 1. The summed E-state index contributed by atoms with van der Waals surface area (Å²) in [6.45, 7) is -0.655. The van der Waals surface area contributed by atoms with E-state index in [0.29, 0.717) is 17.6 Å². The zero-order valence-corrected chi connectivity index (χ0v) is 14.2. The first-order valence-electron chi connectivity index (χ1n) is 7.51. The zero-order chi connectivity index (χ0) is 19.6. The molecule has 140 valence electrons. The molecule has 3 rings (SSSR count). The van der Waals surface area contributed by atoms with Crippen LogP contribution in [-0.4, -0.2) is 28.5 Å². The number of carbonyl (C=O) groups is 2. The molecule has 2 aromatic heterocycles. The van der Waals surface area contributed by atoms with Crippen LogP contribution in [0.25, 0.3) is 10.9 Å². The van der Waals surface area contributed by atoms with Crippen molar-refractivity contribution in [1.29, 1.82) is 0 Å². The first kappa shape index (κ1) is 18.7. The molecule has 2 heterocycles. The summed E-state index contributed by atoms with van der Waals surface area (Å²) in [6, 6.07) is 7.67.